The van der Waals surface area contributed by atoms with Gasteiger partial charge in [-0.3, -0.25) is 19.7 Å². The number of carbonyl (C=O) groups is 4. The highest BCUT2D eigenvalue weighted by Gasteiger charge is 2.22. The van der Waals surface area contributed by atoms with Crippen molar-refractivity contribution >= 4 is 52.9 Å². The second-order valence-corrected chi connectivity index (χ2v) is 9.98. The van der Waals surface area contributed by atoms with E-state index < -0.39 is 35.7 Å². The third-order valence-corrected chi connectivity index (χ3v) is 6.47. The number of esters is 1. The average molecular weight is 650 g/mol. The third kappa shape index (κ3) is 9.95. The Balaban J connectivity index is 1.42. The summed E-state index contributed by atoms with van der Waals surface area (Å²) in [5.41, 5.74) is 1.76. The van der Waals surface area contributed by atoms with Crippen LogP contribution in [0.1, 0.15) is 24.5 Å². The van der Waals surface area contributed by atoms with Gasteiger partial charge in [0.15, 0.2) is 0 Å². The molecule has 0 bridgehead atoms. The summed E-state index contributed by atoms with van der Waals surface area (Å²) < 4.78 is 25.8. The number of rotatable bonds is 13. The van der Waals surface area contributed by atoms with Gasteiger partial charge in [-0.15, -0.1) is 5.10 Å². The van der Waals surface area contributed by atoms with E-state index in [2.05, 4.69) is 31.5 Å². The minimum absolute atomic E-state index is 0.0802. The molecule has 1 atom stereocenters. The molecular formula is C31H29ClFN7O6. The van der Waals surface area contributed by atoms with Crippen molar-refractivity contribution < 1.29 is 33.0 Å². The van der Waals surface area contributed by atoms with E-state index in [1.807, 2.05) is 6.07 Å². The van der Waals surface area contributed by atoms with Crippen LogP contribution in [0.25, 0.3) is 11.8 Å². The molecule has 0 aliphatic rings. The molecule has 3 amide bonds. The van der Waals surface area contributed by atoms with Crippen LogP contribution in [0.5, 0.6) is 0 Å². The number of nitrogens with zero attached hydrogens (tertiary/aromatic N) is 4. The minimum atomic E-state index is -1.05. The van der Waals surface area contributed by atoms with Crippen molar-refractivity contribution in [2.75, 3.05) is 23.8 Å². The lowest BCUT2D eigenvalue weighted by atomic mass is 10.0. The molecule has 0 aliphatic heterocycles. The van der Waals surface area contributed by atoms with E-state index in [4.69, 9.17) is 21.1 Å². The van der Waals surface area contributed by atoms with E-state index in [-0.39, 0.29) is 37.4 Å². The summed E-state index contributed by atoms with van der Waals surface area (Å²) in [6.45, 7) is 1.60. The van der Waals surface area contributed by atoms with E-state index >= 15 is 0 Å². The van der Waals surface area contributed by atoms with Crippen LogP contribution in [-0.4, -0.2) is 63.3 Å². The molecular weight excluding hydrogens is 621 g/mol. The first kappa shape index (κ1) is 33.3. The van der Waals surface area contributed by atoms with E-state index in [0.29, 0.717) is 16.3 Å². The van der Waals surface area contributed by atoms with Crippen LogP contribution in [0.4, 0.5) is 20.6 Å². The van der Waals surface area contributed by atoms with Crippen LogP contribution in [-0.2, 0) is 30.3 Å². The number of hydrogen-bond acceptors (Lipinski definition) is 9. The maximum Gasteiger partial charge on any atom is 0.411 e. The Hall–Kier alpha value is -5.63. The Morgan fingerprint density at radius 3 is 2.54 bits per heavy atom. The first-order valence-electron chi connectivity index (χ1n) is 14.0. The zero-order chi connectivity index (χ0) is 32.9. The molecule has 13 nitrogen and oxygen atoms in total. The molecule has 0 aliphatic carbocycles. The summed E-state index contributed by atoms with van der Waals surface area (Å²) in [7, 11) is 0. The molecule has 1 aromatic heterocycles. The number of carbonyl (C=O) groups excluding carboxylic acids is 4. The molecule has 0 fully saturated rings. The molecule has 1 heterocycles. The molecule has 3 aromatic carbocycles. The fraction of sp³-hybridized carbons (Fsp3) is 0.194. The highest BCUT2D eigenvalue weighted by Crippen LogP contribution is 2.21. The second kappa shape index (κ2) is 16.4. The van der Waals surface area contributed by atoms with Crippen molar-refractivity contribution in [3.63, 3.8) is 0 Å². The van der Waals surface area contributed by atoms with Crippen molar-refractivity contribution in [3.8, 4) is 5.69 Å². The van der Waals surface area contributed by atoms with Crippen molar-refractivity contribution in [1.82, 2.24) is 25.5 Å². The van der Waals surface area contributed by atoms with Gasteiger partial charge in [0.25, 0.3) is 0 Å². The van der Waals surface area contributed by atoms with Crippen molar-refractivity contribution in [3.05, 3.63) is 101 Å². The quantitative estimate of drug-likeness (QED) is 0.141. The Morgan fingerprint density at radius 2 is 1.83 bits per heavy atom. The number of tetrazole rings is 1. The summed E-state index contributed by atoms with van der Waals surface area (Å²) in [5, 5.41) is 19.1. The van der Waals surface area contributed by atoms with Crippen molar-refractivity contribution in [2.24, 2.45) is 0 Å². The van der Waals surface area contributed by atoms with Gasteiger partial charge in [-0.2, -0.15) is 4.68 Å². The van der Waals surface area contributed by atoms with Crippen LogP contribution in [0, 0.1) is 5.82 Å². The number of amides is 3. The van der Waals surface area contributed by atoms with Gasteiger partial charge in [0.1, 0.15) is 24.8 Å². The number of anilines is 2. The highest BCUT2D eigenvalue weighted by molar-refractivity contribution is 6.30. The van der Waals surface area contributed by atoms with E-state index in [9.17, 15) is 23.6 Å². The largest absolute Gasteiger partial charge is 0.466 e. The normalized spacial score (nSPS) is 11.5. The lowest BCUT2D eigenvalue weighted by Gasteiger charge is -2.18. The van der Waals surface area contributed by atoms with E-state index in [0.717, 1.165) is 11.6 Å². The number of ether oxygens (including phenoxy) is 2. The molecule has 0 unspecified atom stereocenters. The zero-order valence-electron chi connectivity index (χ0n) is 24.5. The summed E-state index contributed by atoms with van der Waals surface area (Å²) >= 11 is 6.16. The van der Waals surface area contributed by atoms with Gasteiger partial charge in [0.2, 0.25) is 11.8 Å². The molecule has 0 spiro atoms. The second-order valence-electron chi connectivity index (χ2n) is 9.54. The van der Waals surface area contributed by atoms with Gasteiger partial charge in [-0.1, -0.05) is 41.9 Å². The topological polar surface area (TPSA) is 166 Å². The van der Waals surface area contributed by atoms with Gasteiger partial charge in [-0.25, -0.2) is 9.18 Å². The first-order valence-corrected chi connectivity index (χ1v) is 14.3. The fourth-order valence-electron chi connectivity index (χ4n) is 4.11. The van der Waals surface area contributed by atoms with Crippen LogP contribution < -0.4 is 16.0 Å². The van der Waals surface area contributed by atoms with E-state index in [1.54, 1.807) is 49.4 Å². The lowest BCUT2D eigenvalue weighted by molar-refractivity contribution is -0.143. The van der Waals surface area contributed by atoms with E-state index in [1.165, 1.54) is 35.3 Å². The molecule has 0 saturated heterocycles. The van der Waals surface area contributed by atoms with Crippen LogP contribution in [0.3, 0.4) is 0 Å². The summed E-state index contributed by atoms with van der Waals surface area (Å²) in [4.78, 5) is 49.7. The maximum atomic E-state index is 14.8. The monoisotopic (exact) mass is 649 g/mol. The third-order valence-electron chi connectivity index (χ3n) is 6.23. The number of nitrogens with one attached hydrogen (secondary N) is 3. The van der Waals surface area contributed by atoms with Crippen LogP contribution >= 0.6 is 11.6 Å². The van der Waals surface area contributed by atoms with Gasteiger partial charge < -0.3 is 20.1 Å². The predicted octanol–water partition coefficient (Wildman–Crippen LogP) is 4.34. The number of hydrogen-bond donors (Lipinski definition) is 3. The molecule has 0 saturated carbocycles. The predicted molar refractivity (Wildman–Crippen MR) is 167 cm³/mol. The zero-order valence-corrected chi connectivity index (χ0v) is 25.2. The number of halogens is 2. The number of benzene rings is 3. The van der Waals surface area contributed by atoms with Gasteiger partial charge in [0.05, 0.1) is 24.4 Å². The lowest BCUT2D eigenvalue weighted by Crippen LogP contribution is -2.44. The smallest absolute Gasteiger partial charge is 0.411 e. The molecule has 15 heteroatoms. The molecule has 4 aromatic rings. The summed E-state index contributed by atoms with van der Waals surface area (Å²) in [6, 6.07) is 16.6. The molecule has 3 N–H and O–H groups in total. The molecule has 238 valence electrons. The summed E-state index contributed by atoms with van der Waals surface area (Å²) in [5.74, 6) is -2.57. The fourth-order valence-corrected chi connectivity index (χ4v) is 4.29. The van der Waals surface area contributed by atoms with Crippen molar-refractivity contribution in [2.45, 2.75) is 25.8 Å². The van der Waals surface area contributed by atoms with Crippen LogP contribution in [0.15, 0.2) is 79.1 Å². The van der Waals surface area contributed by atoms with Gasteiger partial charge in [0, 0.05) is 28.8 Å². The molecule has 0 radical (unpaired) electrons. The minimum Gasteiger partial charge on any atom is -0.466 e. The Morgan fingerprint density at radius 1 is 1.02 bits per heavy atom. The first-order chi connectivity index (χ1) is 22.2. The summed E-state index contributed by atoms with van der Waals surface area (Å²) in [6.07, 6.45) is 3.18. The van der Waals surface area contributed by atoms with Crippen LogP contribution in [0.2, 0.25) is 5.02 Å². The Labute approximate surface area is 267 Å². The SMILES string of the molecule is CCOC(=O)CCOC(=O)Nc1ccc(NC(=O)[C@H](Cc2ccccc2)NC(=O)/C=C/c2cc(Cl)ccc2-n2cnnn2)cc1F. The maximum absolute atomic E-state index is 14.8. The highest BCUT2D eigenvalue weighted by atomic mass is 35.5. The number of aromatic nitrogens is 4. The average Bonchev–Trinajstić information content (AvgIpc) is 3.57. The Kier molecular flexibility index (Phi) is 11.9. The molecule has 46 heavy (non-hydrogen) atoms. The standard InChI is InChI=1S/C31H29ClFN7O6/c1-2-45-29(42)14-15-46-31(44)37-25-11-10-23(18-24(25)33)35-30(43)26(16-20-6-4-3-5-7-20)36-28(41)13-8-21-17-22(32)9-12-27(21)40-19-34-38-39-40/h3-13,17-19,26H,2,14-16H2,1H3,(H,35,43)(H,36,41)(H,37,44)/b13-8+/t26-/m0/s1. The van der Waals surface area contributed by atoms with Crippen molar-refractivity contribution in [1.29, 1.82) is 0 Å². The Bertz CT molecular complexity index is 1700. The van der Waals surface area contributed by atoms with Gasteiger partial charge >= 0.3 is 12.1 Å². The van der Waals surface area contributed by atoms with Gasteiger partial charge in [-0.05, 0) is 65.4 Å². The molecule has 4 rings (SSSR count).